The van der Waals surface area contributed by atoms with Crippen molar-refractivity contribution in [3.05, 3.63) is 0 Å². The molecule has 89 heavy (non-hydrogen) atoms. The Balaban J connectivity index is -0.000000246. The number of carbonyl (C=O) groups excluding carboxylic acids is 5. The predicted octanol–water partition coefficient (Wildman–Crippen LogP) is 21.3. The summed E-state index contributed by atoms with van der Waals surface area (Å²) in [4.78, 5) is 51.3. The van der Waals surface area contributed by atoms with Crippen LogP contribution >= 0.6 is 0 Å². The van der Waals surface area contributed by atoms with Crippen LogP contribution in [-0.4, -0.2) is 36.0 Å². The molecule has 0 aromatic rings. The van der Waals surface area contributed by atoms with Crippen LogP contribution in [0.25, 0.3) is 0 Å². The van der Waals surface area contributed by atoms with Gasteiger partial charge in [-0.2, -0.15) is 0 Å². The van der Waals surface area contributed by atoms with Crippen molar-refractivity contribution in [3.8, 4) is 0 Å². The van der Waals surface area contributed by atoms with E-state index in [9.17, 15) is 44.4 Å². The Labute approximate surface area is 569 Å². The van der Waals surface area contributed by atoms with Gasteiger partial charge in [-0.3, -0.25) is 4.79 Å². The van der Waals surface area contributed by atoms with Gasteiger partial charge in [-0.1, -0.05) is 394 Å². The molecule has 0 atom stereocenters. The molecule has 0 bridgehead atoms. The summed E-state index contributed by atoms with van der Waals surface area (Å²) in [5.41, 5.74) is 0. The van der Waals surface area contributed by atoms with Gasteiger partial charge in [-0.15, -0.1) is 0 Å². The van der Waals surface area contributed by atoms with Gasteiger partial charge in [0.1, 0.15) is 0 Å². The summed E-state index contributed by atoms with van der Waals surface area (Å²) < 4.78 is 4.76. The Kier molecular flexibility index (Phi) is 102. The number of carboxylic acid groups (broad SMARTS) is 4. The fourth-order valence-corrected chi connectivity index (χ4v) is 10.9. The van der Waals surface area contributed by atoms with Gasteiger partial charge in [-0.25, -0.2) is 0 Å². The standard InChI is InChI=1S/4C18H36O2.C6H12O2.Ti/c4*1-2-3-4-5-6-7-8-9-10-11-12-13-14-15-16-17-18(19)20;1-4-6(7)8-5(2)3;/h4*2-17H2,1H3,(H,19,20);5H,4H2,1-3H3;/q;;;;;+4/p-4. The summed E-state index contributed by atoms with van der Waals surface area (Å²) in [5.74, 6) is -3.74. The number of aliphatic carboxylic acids is 4. The molecule has 0 aromatic carbocycles. The van der Waals surface area contributed by atoms with Crippen molar-refractivity contribution in [2.24, 2.45) is 0 Å². The Morgan fingerprint density at radius 1 is 0.225 bits per heavy atom. The maximum atomic E-state index is 10.4. The third-order valence-electron chi connectivity index (χ3n) is 16.6. The summed E-state index contributed by atoms with van der Waals surface area (Å²) >= 11 is 0. The molecule has 0 amide bonds. The smallest absolute Gasteiger partial charge is 0.550 e. The zero-order valence-electron chi connectivity index (χ0n) is 60.6. The van der Waals surface area contributed by atoms with Gasteiger partial charge >= 0.3 is 27.7 Å². The fourth-order valence-electron chi connectivity index (χ4n) is 10.9. The molecule has 0 radical (unpaired) electrons. The third kappa shape index (κ3) is 117. The Bertz CT molecular complexity index is 1170. The van der Waals surface area contributed by atoms with Gasteiger partial charge in [-0.05, 0) is 65.2 Å². The molecule has 0 saturated heterocycles. The first kappa shape index (κ1) is 98.1. The molecule has 0 unspecified atom stereocenters. The number of ether oxygens (including phenoxy) is 1. The Morgan fingerprint density at radius 2 is 0.337 bits per heavy atom. The van der Waals surface area contributed by atoms with Crippen molar-refractivity contribution in [1.29, 1.82) is 0 Å². The van der Waals surface area contributed by atoms with Gasteiger partial charge in [0.25, 0.3) is 0 Å². The molecular weight excluding hydrogens is 1140 g/mol. The van der Waals surface area contributed by atoms with Crippen LogP contribution in [0.5, 0.6) is 0 Å². The van der Waals surface area contributed by atoms with E-state index in [1.807, 2.05) is 13.8 Å². The van der Waals surface area contributed by atoms with Crippen molar-refractivity contribution >= 4 is 29.8 Å². The molecule has 0 aliphatic carbocycles. The molecule has 10 nitrogen and oxygen atoms in total. The molecule has 0 rings (SSSR count). The van der Waals surface area contributed by atoms with Crippen molar-refractivity contribution < 1.29 is 70.9 Å². The first-order valence-corrected chi connectivity index (χ1v) is 38.7. The minimum Gasteiger partial charge on any atom is -0.550 e. The predicted molar refractivity (Wildman–Crippen MR) is 370 cm³/mol. The van der Waals surface area contributed by atoms with Crippen LogP contribution < -0.4 is 20.4 Å². The van der Waals surface area contributed by atoms with E-state index in [0.717, 1.165) is 51.4 Å². The Morgan fingerprint density at radius 3 is 0.416 bits per heavy atom. The van der Waals surface area contributed by atoms with Gasteiger partial charge in [0.2, 0.25) is 0 Å². The summed E-state index contributed by atoms with van der Waals surface area (Å²) in [6, 6.07) is 0. The van der Waals surface area contributed by atoms with E-state index < -0.39 is 23.9 Å². The van der Waals surface area contributed by atoms with Crippen molar-refractivity contribution in [1.82, 2.24) is 0 Å². The second-order valence-electron chi connectivity index (χ2n) is 26.2. The molecular formula is C78H152O10Ti. The Hall–Kier alpha value is -1.94. The fraction of sp³-hybridized carbons (Fsp3) is 0.936. The van der Waals surface area contributed by atoms with Crippen LogP contribution in [0, 0.1) is 0 Å². The maximum Gasteiger partial charge on any atom is 4.00 e. The monoisotopic (exact) mass is 1300 g/mol. The topological polar surface area (TPSA) is 187 Å². The number of rotatable bonds is 66. The number of unbranched alkanes of at least 4 members (excludes halogenated alkanes) is 56. The van der Waals surface area contributed by atoms with Crippen molar-refractivity contribution in [2.45, 2.75) is 472 Å². The number of carbonyl (C=O) groups is 5. The third-order valence-corrected chi connectivity index (χ3v) is 16.6. The van der Waals surface area contributed by atoms with Crippen molar-refractivity contribution in [2.75, 3.05) is 0 Å². The van der Waals surface area contributed by atoms with E-state index >= 15 is 0 Å². The van der Waals surface area contributed by atoms with E-state index in [1.54, 1.807) is 6.92 Å². The molecule has 0 N–H and O–H groups in total. The average Bonchev–Trinajstić information content (AvgIpc) is 3.49. The zero-order valence-corrected chi connectivity index (χ0v) is 62.2. The minimum atomic E-state index is -0.903. The summed E-state index contributed by atoms with van der Waals surface area (Å²) in [5, 5.41) is 40.9. The van der Waals surface area contributed by atoms with E-state index in [2.05, 4.69) is 27.7 Å². The van der Waals surface area contributed by atoms with Crippen LogP contribution in [0.2, 0.25) is 0 Å². The van der Waals surface area contributed by atoms with Crippen LogP contribution in [0.15, 0.2) is 0 Å². The van der Waals surface area contributed by atoms with Gasteiger partial charge < -0.3 is 44.3 Å². The molecule has 0 fully saturated rings. The van der Waals surface area contributed by atoms with E-state index in [4.69, 9.17) is 4.74 Å². The van der Waals surface area contributed by atoms with Crippen LogP contribution in [0.4, 0.5) is 0 Å². The zero-order chi connectivity index (χ0) is 66.1. The molecule has 0 saturated carbocycles. The molecule has 0 aromatic heterocycles. The first-order valence-electron chi connectivity index (χ1n) is 38.7. The second kappa shape index (κ2) is 92.5. The van der Waals surface area contributed by atoms with Gasteiger partial charge in [0.15, 0.2) is 0 Å². The molecule has 0 aliphatic heterocycles. The quantitative estimate of drug-likeness (QED) is 0.0322. The molecule has 0 spiro atoms. The molecule has 11 heteroatoms. The SMILES string of the molecule is CCC(=O)OC(C)C.CCCCCCCCCCCCCCCCCC(=O)[O-].CCCCCCCCCCCCCCCCCC(=O)[O-].CCCCCCCCCCCCCCCCCC(=O)[O-].CCCCCCCCCCCCCCCCCC(=O)[O-].[Ti+4]. The van der Waals surface area contributed by atoms with Crippen molar-refractivity contribution in [3.63, 3.8) is 0 Å². The molecule has 0 heterocycles. The number of carboxylic acids is 4. The maximum absolute atomic E-state index is 10.4. The van der Waals surface area contributed by atoms with E-state index in [1.165, 1.54) is 334 Å². The van der Waals surface area contributed by atoms with Crippen LogP contribution in [-0.2, 0) is 50.4 Å². The largest absolute Gasteiger partial charge is 4.00 e. The number of esters is 1. The number of hydrogen-bond donors (Lipinski definition) is 0. The minimum absolute atomic E-state index is 0. The number of hydrogen-bond acceptors (Lipinski definition) is 10. The first-order chi connectivity index (χ1) is 42.7. The summed E-state index contributed by atoms with van der Waals surface area (Å²) in [6.45, 7) is 14.5. The van der Waals surface area contributed by atoms with Gasteiger partial charge in [0.05, 0.1) is 6.10 Å². The summed E-state index contributed by atoms with van der Waals surface area (Å²) in [7, 11) is 0. The molecule has 528 valence electrons. The van der Waals surface area contributed by atoms with E-state index in [0.29, 0.717) is 6.42 Å². The van der Waals surface area contributed by atoms with Crippen LogP contribution in [0.1, 0.15) is 466 Å². The summed E-state index contributed by atoms with van der Waals surface area (Å²) in [6.07, 6.45) is 79.9. The normalized spacial score (nSPS) is 10.6. The van der Waals surface area contributed by atoms with Gasteiger partial charge in [0, 0.05) is 30.3 Å². The van der Waals surface area contributed by atoms with Crippen LogP contribution in [0.3, 0.4) is 0 Å². The second-order valence-corrected chi connectivity index (χ2v) is 26.2. The van der Waals surface area contributed by atoms with E-state index in [-0.39, 0.29) is 59.5 Å². The molecule has 0 aliphatic rings. The average molecular weight is 1300 g/mol.